The maximum Gasteiger partial charge on any atom is 0.241 e. The highest BCUT2D eigenvalue weighted by molar-refractivity contribution is 7.99. The molecule has 0 aliphatic carbocycles. The van der Waals surface area contributed by atoms with Crippen molar-refractivity contribution in [1.29, 1.82) is 0 Å². The van der Waals surface area contributed by atoms with Gasteiger partial charge in [-0.1, -0.05) is 12.1 Å². The second-order valence-corrected chi connectivity index (χ2v) is 5.84. The van der Waals surface area contributed by atoms with Crippen molar-refractivity contribution in [3.8, 4) is 0 Å². The molecule has 19 heavy (non-hydrogen) atoms. The summed E-state index contributed by atoms with van der Waals surface area (Å²) < 4.78 is 0. The molecule has 1 heterocycles. The minimum atomic E-state index is 0.186. The fourth-order valence-corrected chi connectivity index (χ4v) is 3.12. The molecule has 1 amide bonds. The van der Waals surface area contributed by atoms with E-state index >= 15 is 0 Å². The summed E-state index contributed by atoms with van der Waals surface area (Å²) in [6.07, 6.45) is 0. The molecule has 5 heteroatoms. The van der Waals surface area contributed by atoms with Gasteiger partial charge in [-0.3, -0.25) is 9.69 Å². The molecule has 1 aromatic carbocycles. The molecule has 1 aromatic rings. The zero-order valence-electron chi connectivity index (χ0n) is 11.6. The van der Waals surface area contributed by atoms with Crippen molar-refractivity contribution in [1.82, 2.24) is 10.2 Å². The van der Waals surface area contributed by atoms with Crippen molar-refractivity contribution >= 4 is 23.4 Å². The lowest BCUT2D eigenvalue weighted by molar-refractivity contribution is -0.119. The first kappa shape index (κ1) is 14.4. The van der Waals surface area contributed by atoms with E-state index in [1.54, 1.807) is 0 Å². The largest absolute Gasteiger partial charge is 0.318 e. The number of para-hydroxylation sites is 1. The third-order valence-electron chi connectivity index (χ3n) is 3.18. The van der Waals surface area contributed by atoms with Gasteiger partial charge >= 0.3 is 0 Å². The summed E-state index contributed by atoms with van der Waals surface area (Å²) in [7, 11) is 3.91. The number of hydrogen-bond acceptors (Lipinski definition) is 4. The van der Waals surface area contributed by atoms with Crippen LogP contribution in [0.5, 0.6) is 0 Å². The molecule has 1 aliphatic heterocycles. The molecule has 0 bridgehead atoms. The first-order valence-corrected chi connectivity index (χ1v) is 7.56. The van der Waals surface area contributed by atoms with Crippen LogP contribution in [-0.4, -0.2) is 56.8 Å². The molecular weight excluding hydrogens is 258 g/mol. The molecule has 0 saturated heterocycles. The van der Waals surface area contributed by atoms with Crippen LogP contribution in [0, 0.1) is 0 Å². The highest BCUT2D eigenvalue weighted by atomic mass is 32.2. The lowest BCUT2D eigenvalue weighted by atomic mass is 10.2. The van der Waals surface area contributed by atoms with Gasteiger partial charge in [-0.05, 0) is 26.2 Å². The van der Waals surface area contributed by atoms with E-state index in [0.717, 1.165) is 31.1 Å². The summed E-state index contributed by atoms with van der Waals surface area (Å²) in [6.45, 7) is 3.06. The Balaban J connectivity index is 2.00. The van der Waals surface area contributed by atoms with Crippen molar-refractivity contribution in [3.63, 3.8) is 0 Å². The first-order chi connectivity index (χ1) is 9.22. The molecule has 1 aliphatic rings. The predicted molar refractivity (Wildman–Crippen MR) is 80.9 cm³/mol. The number of carbonyl (C=O) groups excluding carboxylic acids is 1. The Hall–Kier alpha value is -1.04. The third kappa shape index (κ3) is 3.72. The van der Waals surface area contributed by atoms with Gasteiger partial charge in [0.05, 0.1) is 12.2 Å². The number of nitrogens with zero attached hydrogens (tertiary/aromatic N) is 2. The van der Waals surface area contributed by atoms with Gasteiger partial charge in [0.1, 0.15) is 0 Å². The van der Waals surface area contributed by atoms with Gasteiger partial charge in [0.2, 0.25) is 5.91 Å². The van der Waals surface area contributed by atoms with Crippen molar-refractivity contribution in [3.05, 3.63) is 24.3 Å². The number of thioether (sulfide) groups is 1. The Kier molecular flexibility index (Phi) is 5.24. The molecule has 0 unspecified atom stereocenters. The third-order valence-corrected chi connectivity index (χ3v) is 4.22. The number of rotatable bonds is 5. The van der Waals surface area contributed by atoms with Crippen molar-refractivity contribution < 1.29 is 4.79 Å². The van der Waals surface area contributed by atoms with Crippen LogP contribution < -0.4 is 10.2 Å². The number of anilines is 1. The second kappa shape index (κ2) is 6.93. The minimum absolute atomic E-state index is 0.186. The van der Waals surface area contributed by atoms with Crippen LogP contribution in [0.3, 0.4) is 0 Å². The fraction of sp³-hybridized carbons (Fsp3) is 0.500. The van der Waals surface area contributed by atoms with Crippen molar-refractivity contribution in [2.24, 2.45) is 0 Å². The first-order valence-electron chi connectivity index (χ1n) is 6.57. The van der Waals surface area contributed by atoms with Gasteiger partial charge in [0.25, 0.3) is 0 Å². The number of nitrogens with one attached hydrogen (secondary N) is 1. The zero-order valence-corrected chi connectivity index (χ0v) is 12.4. The summed E-state index contributed by atoms with van der Waals surface area (Å²) in [5, 5.41) is 3.10. The molecule has 2 rings (SSSR count). The molecular formula is C14H21N3OS. The topological polar surface area (TPSA) is 35.6 Å². The van der Waals surface area contributed by atoms with Gasteiger partial charge in [-0.25, -0.2) is 0 Å². The van der Waals surface area contributed by atoms with Gasteiger partial charge in [0, 0.05) is 30.3 Å². The Bertz CT molecular complexity index is 438. The van der Waals surface area contributed by atoms with Crippen LogP contribution in [0.15, 0.2) is 29.2 Å². The summed E-state index contributed by atoms with van der Waals surface area (Å²) in [5.74, 6) is 1.16. The molecule has 0 radical (unpaired) electrons. The SMILES string of the molecule is CNCCN(C)CC(=O)N1CCSc2ccccc21. The monoisotopic (exact) mass is 279 g/mol. The summed E-state index contributed by atoms with van der Waals surface area (Å²) in [5.41, 5.74) is 1.06. The average molecular weight is 279 g/mol. The Labute approximate surface area is 119 Å². The Morgan fingerprint density at radius 2 is 2.26 bits per heavy atom. The van der Waals surface area contributed by atoms with Crippen molar-refractivity contribution in [2.75, 3.05) is 50.9 Å². The lowest BCUT2D eigenvalue weighted by Gasteiger charge is -2.30. The van der Waals surface area contributed by atoms with Crippen LogP contribution >= 0.6 is 11.8 Å². The van der Waals surface area contributed by atoms with E-state index in [1.807, 2.05) is 49.0 Å². The van der Waals surface area contributed by atoms with E-state index in [-0.39, 0.29) is 5.91 Å². The number of carbonyl (C=O) groups is 1. The Morgan fingerprint density at radius 3 is 3.05 bits per heavy atom. The molecule has 0 atom stereocenters. The highest BCUT2D eigenvalue weighted by Gasteiger charge is 2.23. The van der Waals surface area contributed by atoms with Crippen LogP contribution in [0.4, 0.5) is 5.69 Å². The number of likely N-dealkylation sites (N-methyl/N-ethyl adjacent to an activating group) is 2. The van der Waals surface area contributed by atoms with Gasteiger partial charge < -0.3 is 10.2 Å². The van der Waals surface area contributed by atoms with Gasteiger partial charge in [-0.15, -0.1) is 11.8 Å². The van der Waals surface area contributed by atoms with Crippen LogP contribution in [0.25, 0.3) is 0 Å². The minimum Gasteiger partial charge on any atom is -0.318 e. The quantitative estimate of drug-likeness (QED) is 0.881. The molecule has 0 aromatic heterocycles. The molecule has 0 fully saturated rings. The molecule has 4 nitrogen and oxygen atoms in total. The average Bonchev–Trinajstić information content (AvgIpc) is 2.44. The second-order valence-electron chi connectivity index (χ2n) is 4.70. The number of fused-ring (bicyclic) bond motifs is 1. The molecule has 1 N–H and O–H groups in total. The summed E-state index contributed by atoms with van der Waals surface area (Å²) >= 11 is 1.83. The van der Waals surface area contributed by atoms with Gasteiger partial charge in [0.15, 0.2) is 0 Å². The van der Waals surface area contributed by atoms with E-state index in [9.17, 15) is 4.79 Å². The Morgan fingerprint density at radius 1 is 1.47 bits per heavy atom. The van der Waals surface area contributed by atoms with Crippen LogP contribution in [0.2, 0.25) is 0 Å². The van der Waals surface area contributed by atoms with Crippen molar-refractivity contribution in [2.45, 2.75) is 4.90 Å². The normalized spacial score (nSPS) is 14.6. The van der Waals surface area contributed by atoms with Crippen LogP contribution in [-0.2, 0) is 4.79 Å². The van der Waals surface area contributed by atoms with Crippen LogP contribution in [0.1, 0.15) is 0 Å². The number of amides is 1. The van der Waals surface area contributed by atoms with E-state index in [1.165, 1.54) is 4.90 Å². The predicted octanol–water partition coefficient (Wildman–Crippen LogP) is 1.28. The highest BCUT2D eigenvalue weighted by Crippen LogP contribution is 2.34. The maximum absolute atomic E-state index is 12.4. The van der Waals surface area contributed by atoms with Gasteiger partial charge in [-0.2, -0.15) is 0 Å². The summed E-state index contributed by atoms with van der Waals surface area (Å²) in [4.78, 5) is 17.6. The number of benzene rings is 1. The number of hydrogen-bond donors (Lipinski definition) is 1. The fourth-order valence-electron chi connectivity index (χ4n) is 2.13. The van der Waals surface area contributed by atoms with E-state index < -0.39 is 0 Å². The molecule has 0 spiro atoms. The summed E-state index contributed by atoms with van der Waals surface area (Å²) in [6, 6.07) is 8.14. The van der Waals surface area contributed by atoms with E-state index in [0.29, 0.717) is 6.54 Å². The smallest absolute Gasteiger partial charge is 0.241 e. The molecule has 0 saturated carbocycles. The van der Waals surface area contributed by atoms with E-state index in [4.69, 9.17) is 0 Å². The van der Waals surface area contributed by atoms with E-state index in [2.05, 4.69) is 16.3 Å². The lowest BCUT2D eigenvalue weighted by Crippen LogP contribution is -2.42. The zero-order chi connectivity index (χ0) is 13.7. The standard InChI is InChI=1S/C14H21N3OS/c1-15-7-8-16(2)11-14(18)17-9-10-19-13-6-4-3-5-12(13)17/h3-6,15H,7-11H2,1-2H3. The maximum atomic E-state index is 12.4. The molecule has 104 valence electrons.